The smallest absolute Gasteiger partial charge is 0.0615 e. The first-order chi connectivity index (χ1) is 9.10. The highest BCUT2D eigenvalue weighted by Crippen LogP contribution is 2.20. The highest BCUT2D eigenvalue weighted by atomic mass is 16.5. The van der Waals surface area contributed by atoms with Crippen molar-refractivity contribution in [3.05, 3.63) is 35.4 Å². The van der Waals surface area contributed by atoms with Crippen LogP contribution < -0.4 is 5.32 Å². The number of rotatable bonds is 8. The van der Waals surface area contributed by atoms with Crippen LogP contribution in [0.3, 0.4) is 0 Å². The van der Waals surface area contributed by atoms with E-state index in [-0.39, 0.29) is 0 Å². The van der Waals surface area contributed by atoms with Crippen LogP contribution in [0, 0.1) is 6.92 Å². The summed E-state index contributed by atoms with van der Waals surface area (Å²) in [5.41, 5.74) is 2.76. The summed E-state index contributed by atoms with van der Waals surface area (Å²) in [6, 6.07) is 9.48. The lowest BCUT2D eigenvalue weighted by molar-refractivity contribution is 0.113. The predicted molar refractivity (Wildman–Crippen MR) is 81.6 cm³/mol. The fraction of sp³-hybridized carbons (Fsp3) is 0.625. The van der Waals surface area contributed by atoms with Gasteiger partial charge in [0.25, 0.3) is 0 Å². The molecule has 1 N–H and O–H groups in total. The first kappa shape index (κ1) is 16.2. The van der Waals surface area contributed by atoms with Crippen LogP contribution in [-0.4, -0.2) is 45.3 Å². The van der Waals surface area contributed by atoms with Crippen LogP contribution in [-0.2, 0) is 4.74 Å². The van der Waals surface area contributed by atoms with Gasteiger partial charge in [0, 0.05) is 25.7 Å². The fourth-order valence-corrected chi connectivity index (χ4v) is 2.35. The zero-order valence-electron chi connectivity index (χ0n) is 12.9. The molecule has 0 aromatic heterocycles. The summed E-state index contributed by atoms with van der Waals surface area (Å²) in [7, 11) is 5.96. The topological polar surface area (TPSA) is 24.5 Å². The van der Waals surface area contributed by atoms with Crippen molar-refractivity contribution in [2.75, 3.05) is 34.4 Å². The van der Waals surface area contributed by atoms with Crippen LogP contribution in [0.2, 0.25) is 0 Å². The average Bonchev–Trinajstić information content (AvgIpc) is 2.41. The van der Waals surface area contributed by atoms with Crippen LogP contribution in [0.25, 0.3) is 0 Å². The minimum atomic E-state index is 0.415. The van der Waals surface area contributed by atoms with E-state index in [4.69, 9.17) is 4.74 Å². The van der Waals surface area contributed by atoms with E-state index in [1.807, 2.05) is 7.05 Å². The van der Waals surface area contributed by atoms with Gasteiger partial charge in [-0.3, -0.25) is 0 Å². The van der Waals surface area contributed by atoms with Crippen molar-refractivity contribution in [2.24, 2.45) is 0 Å². The summed E-state index contributed by atoms with van der Waals surface area (Å²) < 4.78 is 5.20. The molecule has 0 heterocycles. The molecule has 2 atom stereocenters. The third-order valence-corrected chi connectivity index (χ3v) is 3.84. The zero-order valence-corrected chi connectivity index (χ0v) is 12.9. The molecule has 0 saturated carbocycles. The Morgan fingerprint density at radius 3 is 2.58 bits per heavy atom. The van der Waals surface area contributed by atoms with Crippen LogP contribution in [0.15, 0.2) is 24.3 Å². The van der Waals surface area contributed by atoms with Gasteiger partial charge < -0.3 is 15.0 Å². The molecule has 0 aliphatic rings. The fourth-order valence-electron chi connectivity index (χ4n) is 2.35. The van der Waals surface area contributed by atoms with Gasteiger partial charge in [-0.2, -0.15) is 0 Å². The molecule has 0 radical (unpaired) electrons. The van der Waals surface area contributed by atoms with Gasteiger partial charge in [-0.05, 0) is 45.5 Å². The molecule has 0 fully saturated rings. The van der Waals surface area contributed by atoms with Crippen LogP contribution >= 0.6 is 0 Å². The van der Waals surface area contributed by atoms with E-state index in [0.29, 0.717) is 12.1 Å². The normalized spacial score (nSPS) is 14.6. The van der Waals surface area contributed by atoms with Gasteiger partial charge in [0.2, 0.25) is 0 Å². The van der Waals surface area contributed by atoms with Crippen molar-refractivity contribution in [1.29, 1.82) is 0 Å². The molecule has 3 nitrogen and oxygen atoms in total. The number of aryl methyl sites for hydroxylation is 1. The maximum absolute atomic E-state index is 5.20. The minimum absolute atomic E-state index is 0.415. The highest BCUT2D eigenvalue weighted by molar-refractivity contribution is 5.28. The standard InChI is InChI=1S/C16H28N2O/c1-13-8-6-7-9-15(13)16(17-3)10-11-18(4)14(2)12-19-5/h6-9,14,16-17H,10-12H2,1-5H3. The SMILES string of the molecule is CNC(CCN(C)C(C)COC)c1ccccc1C. The Morgan fingerprint density at radius 1 is 1.32 bits per heavy atom. The molecule has 1 aromatic carbocycles. The van der Waals surface area contributed by atoms with Crippen molar-refractivity contribution in [2.45, 2.75) is 32.4 Å². The van der Waals surface area contributed by atoms with E-state index in [1.54, 1.807) is 7.11 Å². The van der Waals surface area contributed by atoms with Crippen LogP contribution in [0.5, 0.6) is 0 Å². The van der Waals surface area contributed by atoms with Crippen LogP contribution in [0.4, 0.5) is 0 Å². The molecule has 0 spiro atoms. The molecular weight excluding hydrogens is 236 g/mol. The van der Waals surface area contributed by atoms with Gasteiger partial charge in [0.05, 0.1) is 6.61 Å². The van der Waals surface area contributed by atoms with Crippen molar-refractivity contribution in [3.8, 4) is 0 Å². The molecular formula is C16H28N2O. The second-order valence-electron chi connectivity index (χ2n) is 5.27. The lowest BCUT2D eigenvalue weighted by atomic mass is 9.98. The Bertz CT molecular complexity index is 368. The van der Waals surface area contributed by atoms with Crippen molar-refractivity contribution in [3.63, 3.8) is 0 Å². The second-order valence-corrected chi connectivity index (χ2v) is 5.27. The summed E-state index contributed by atoms with van der Waals surface area (Å²) in [5, 5.41) is 3.43. The Labute approximate surface area is 118 Å². The Balaban J connectivity index is 2.56. The number of hydrogen-bond donors (Lipinski definition) is 1. The van der Waals surface area contributed by atoms with E-state index in [0.717, 1.165) is 19.6 Å². The molecule has 0 aliphatic carbocycles. The van der Waals surface area contributed by atoms with Gasteiger partial charge in [-0.25, -0.2) is 0 Å². The first-order valence-electron chi connectivity index (χ1n) is 7.02. The van der Waals surface area contributed by atoms with Crippen LogP contribution in [0.1, 0.15) is 30.5 Å². The highest BCUT2D eigenvalue weighted by Gasteiger charge is 2.14. The summed E-state index contributed by atoms with van der Waals surface area (Å²) in [6.45, 7) is 6.22. The molecule has 1 rings (SSSR count). The number of likely N-dealkylation sites (N-methyl/N-ethyl adjacent to an activating group) is 1. The second kappa shape index (κ2) is 8.31. The van der Waals surface area contributed by atoms with E-state index in [9.17, 15) is 0 Å². The Morgan fingerprint density at radius 2 is 2.00 bits per heavy atom. The molecule has 19 heavy (non-hydrogen) atoms. The summed E-state index contributed by atoms with van der Waals surface area (Å²) in [4.78, 5) is 2.35. The van der Waals surface area contributed by atoms with Gasteiger partial charge in [-0.1, -0.05) is 24.3 Å². The Kier molecular flexibility index (Phi) is 7.06. The van der Waals surface area contributed by atoms with Crippen molar-refractivity contribution < 1.29 is 4.74 Å². The molecule has 3 heteroatoms. The minimum Gasteiger partial charge on any atom is -0.383 e. The van der Waals surface area contributed by atoms with E-state index < -0.39 is 0 Å². The number of hydrogen-bond acceptors (Lipinski definition) is 3. The van der Waals surface area contributed by atoms with Gasteiger partial charge >= 0.3 is 0 Å². The quantitative estimate of drug-likeness (QED) is 0.781. The molecule has 2 unspecified atom stereocenters. The predicted octanol–water partition coefficient (Wildman–Crippen LogP) is 2.61. The molecule has 0 aliphatic heterocycles. The number of methoxy groups -OCH3 is 1. The van der Waals surface area contributed by atoms with E-state index in [2.05, 4.69) is 55.4 Å². The summed E-state index contributed by atoms with van der Waals surface area (Å²) >= 11 is 0. The van der Waals surface area contributed by atoms with Gasteiger partial charge in [-0.15, -0.1) is 0 Å². The number of nitrogens with one attached hydrogen (secondary N) is 1. The number of ether oxygens (including phenoxy) is 1. The monoisotopic (exact) mass is 264 g/mol. The van der Waals surface area contributed by atoms with E-state index >= 15 is 0 Å². The summed E-state index contributed by atoms with van der Waals surface area (Å²) in [6.07, 6.45) is 1.10. The number of benzene rings is 1. The molecule has 1 aromatic rings. The maximum atomic E-state index is 5.20. The maximum Gasteiger partial charge on any atom is 0.0615 e. The van der Waals surface area contributed by atoms with Crippen molar-refractivity contribution in [1.82, 2.24) is 10.2 Å². The average molecular weight is 264 g/mol. The third kappa shape index (κ3) is 4.94. The molecule has 108 valence electrons. The lowest BCUT2D eigenvalue weighted by Gasteiger charge is -2.27. The van der Waals surface area contributed by atoms with Crippen molar-refractivity contribution >= 4 is 0 Å². The largest absolute Gasteiger partial charge is 0.383 e. The first-order valence-corrected chi connectivity index (χ1v) is 7.02. The molecule has 0 bridgehead atoms. The van der Waals surface area contributed by atoms with Gasteiger partial charge in [0.1, 0.15) is 0 Å². The van der Waals surface area contributed by atoms with Gasteiger partial charge in [0.15, 0.2) is 0 Å². The van der Waals surface area contributed by atoms with E-state index in [1.165, 1.54) is 11.1 Å². The number of nitrogens with zero attached hydrogens (tertiary/aromatic N) is 1. The zero-order chi connectivity index (χ0) is 14.3. The lowest BCUT2D eigenvalue weighted by Crippen LogP contribution is -2.35. The molecule has 0 amide bonds. The third-order valence-electron chi connectivity index (χ3n) is 3.84. The Hall–Kier alpha value is -0.900. The summed E-state index contributed by atoms with van der Waals surface area (Å²) in [5.74, 6) is 0. The molecule has 0 saturated heterocycles.